The average molecular weight is 400 g/mol. The molecule has 0 aliphatic rings. The van der Waals surface area contributed by atoms with Crippen molar-refractivity contribution in [3.8, 4) is 11.5 Å². The number of esters is 1. The Morgan fingerprint density at radius 1 is 0.933 bits per heavy atom. The maximum atomic E-state index is 12.3. The van der Waals surface area contributed by atoms with E-state index >= 15 is 0 Å². The number of rotatable bonds is 6. The van der Waals surface area contributed by atoms with Crippen LogP contribution < -0.4 is 15.1 Å². The van der Waals surface area contributed by atoms with Gasteiger partial charge in [0.25, 0.3) is 0 Å². The average Bonchev–Trinajstić information content (AvgIpc) is 2.74. The minimum absolute atomic E-state index is 0.263. The van der Waals surface area contributed by atoms with Gasteiger partial charge < -0.3 is 13.9 Å². The van der Waals surface area contributed by atoms with Crippen LogP contribution >= 0.6 is 0 Å². The number of carbonyl (C=O) groups excluding carboxylic acids is 1. The molecule has 0 fully saturated rings. The summed E-state index contributed by atoms with van der Waals surface area (Å²) in [5.74, 6) is 0.419. The number of ether oxygens (including phenoxy) is 2. The highest BCUT2D eigenvalue weighted by molar-refractivity contribution is 5.81. The van der Waals surface area contributed by atoms with Crippen LogP contribution in [-0.4, -0.2) is 12.6 Å². The van der Waals surface area contributed by atoms with E-state index in [1.807, 2.05) is 55.5 Å². The molecule has 0 N–H and O–H groups in total. The van der Waals surface area contributed by atoms with Crippen molar-refractivity contribution in [2.75, 3.05) is 6.61 Å². The van der Waals surface area contributed by atoms with E-state index in [1.54, 1.807) is 24.3 Å². The van der Waals surface area contributed by atoms with Gasteiger partial charge in [-0.15, -0.1) is 0 Å². The summed E-state index contributed by atoms with van der Waals surface area (Å²) in [6, 6.07) is 24.0. The molecule has 30 heavy (non-hydrogen) atoms. The smallest absolute Gasteiger partial charge is 0.349 e. The van der Waals surface area contributed by atoms with Gasteiger partial charge in [0.15, 0.2) is 6.61 Å². The minimum Gasteiger partial charge on any atom is -0.482 e. The molecule has 3 aromatic carbocycles. The van der Waals surface area contributed by atoms with Crippen molar-refractivity contribution in [1.82, 2.24) is 0 Å². The first kappa shape index (κ1) is 19.5. The lowest BCUT2D eigenvalue weighted by Gasteiger charge is -2.11. The lowest BCUT2D eigenvalue weighted by Crippen LogP contribution is -2.18. The lowest BCUT2D eigenvalue weighted by molar-refractivity contribution is -0.136. The molecule has 0 saturated heterocycles. The molecule has 4 rings (SSSR count). The normalized spacial score (nSPS) is 10.7. The van der Waals surface area contributed by atoms with Crippen molar-refractivity contribution in [2.45, 2.75) is 13.3 Å². The quantitative estimate of drug-likeness (QED) is 0.267. The first-order chi connectivity index (χ1) is 14.6. The standard InChI is InChI=1S/C25H20O5/c1-17-13-24(26)30-23-15-20(11-12-21(17)23)28-16-25(27)29-22-10-6-5-9-19(22)14-18-7-3-2-4-8-18/h2-13,15H,14,16H2,1H3. The summed E-state index contributed by atoms with van der Waals surface area (Å²) >= 11 is 0. The van der Waals surface area contributed by atoms with E-state index in [0.717, 1.165) is 22.1 Å². The molecule has 1 aromatic heterocycles. The third-order valence-corrected chi connectivity index (χ3v) is 4.71. The van der Waals surface area contributed by atoms with Crippen LogP contribution in [0.25, 0.3) is 11.0 Å². The topological polar surface area (TPSA) is 65.7 Å². The van der Waals surface area contributed by atoms with E-state index in [0.29, 0.717) is 23.5 Å². The predicted octanol–water partition coefficient (Wildman–Crippen LogP) is 4.68. The third-order valence-electron chi connectivity index (χ3n) is 4.71. The molecule has 5 heteroatoms. The van der Waals surface area contributed by atoms with Crippen molar-refractivity contribution in [1.29, 1.82) is 0 Å². The first-order valence-corrected chi connectivity index (χ1v) is 9.58. The fourth-order valence-electron chi connectivity index (χ4n) is 3.25. The second-order valence-corrected chi connectivity index (χ2v) is 6.94. The molecule has 0 amide bonds. The van der Waals surface area contributed by atoms with Gasteiger partial charge in [0, 0.05) is 23.9 Å². The highest BCUT2D eigenvalue weighted by Gasteiger charge is 2.11. The maximum absolute atomic E-state index is 12.3. The molecule has 1 heterocycles. The summed E-state index contributed by atoms with van der Waals surface area (Å²) in [7, 11) is 0. The number of para-hydroxylation sites is 1. The molecule has 150 valence electrons. The van der Waals surface area contributed by atoms with E-state index in [9.17, 15) is 9.59 Å². The molecule has 4 aromatic rings. The van der Waals surface area contributed by atoms with Gasteiger partial charge in [-0.05, 0) is 41.8 Å². The van der Waals surface area contributed by atoms with Crippen molar-refractivity contribution in [3.63, 3.8) is 0 Å². The molecule has 0 unspecified atom stereocenters. The van der Waals surface area contributed by atoms with E-state index < -0.39 is 11.6 Å². The second-order valence-electron chi connectivity index (χ2n) is 6.94. The molecule has 0 aliphatic heterocycles. The molecule has 0 atom stereocenters. The highest BCUT2D eigenvalue weighted by Crippen LogP contribution is 2.23. The summed E-state index contributed by atoms with van der Waals surface area (Å²) in [6.45, 7) is 1.57. The molecule has 0 bridgehead atoms. The Balaban J connectivity index is 1.43. The lowest BCUT2D eigenvalue weighted by atomic mass is 10.0. The Hall–Kier alpha value is -3.86. The Morgan fingerprint density at radius 2 is 1.70 bits per heavy atom. The highest BCUT2D eigenvalue weighted by atomic mass is 16.6. The number of carbonyl (C=O) groups is 1. The van der Waals surface area contributed by atoms with Crippen molar-refractivity contribution >= 4 is 16.9 Å². The van der Waals surface area contributed by atoms with Crippen molar-refractivity contribution in [2.24, 2.45) is 0 Å². The van der Waals surface area contributed by atoms with Gasteiger partial charge in [-0.1, -0.05) is 48.5 Å². The molecule has 0 saturated carbocycles. The summed E-state index contributed by atoms with van der Waals surface area (Å²) in [5.41, 5.74) is 2.86. The molecule has 0 spiro atoms. The van der Waals surface area contributed by atoms with Gasteiger partial charge in [-0.25, -0.2) is 9.59 Å². The van der Waals surface area contributed by atoms with Gasteiger partial charge >= 0.3 is 11.6 Å². The number of hydrogen-bond donors (Lipinski definition) is 0. The summed E-state index contributed by atoms with van der Waals surface area (Å²) in [6.07, 6.45) is 0.661. The van der Waals surface area contributed by atoms with Gasteiger partial charge in [0.05, 0.1) is 0 Å². The zero-order valence-electron chi connectivity index (χ0n) is 16.5. The van der Waals surface area contributed by atoms with Gasteiger partial charge in [0.1, 0.15) is 17.1 Å². The number of fused-ring (bicyclic) bond motifs is 1. The zero-order chi connectivity index (χ0) is 20.9. The fourth-order valence-corrected chi connectivity index (χ4v) is 3.25. The van der Waals surface area contributed by atoms with Gasteiger partial charge in [0.2, 0.25) is 0 Å². The van der Waals surface area contributed by atoms with Crippen molar-refractivity contribution < 1.29 is 18.7 Å². The Kier molecular flexibility index (Phi) is 5.61. The molecular formula is C25H20O5. The van der Waals surface area contributed by atoms with Crippen LogP contribution in [0, 0.1) is 6.92 Å². The minimum atomic E-state index is -0.513. The van der Waals surface area contributed by atoms with Crippen LogP contribution in [0.3, 0.4) is 0 Å². The summed E-state index contributed by atoms with van der Waals surface area (Å²) in [5, 5.41) is 0.819. The molecule has 0 aliphatic carbocycles. The first-order valence-electron chi connectivity index (χ1n) is 9.58. The number of aryl methyl sites for hydroxylation is 1. The number of benzene rings is 3. The summed E-state index contributed by atoms with van der Waals surface area (Å²) < 4.78 is 16.3. The van der Waals surface area contributed by atoms with Crippen LogP contribution in [0.1, 0.15) is 16.7 Å². The predicted molar refractivity (Wildman–Crippen MR) is 114 cm³/mol. The molecule has 5 nitrogen and oxygen atoms in total. The Morgan fingerprint density at radius 3 is 2.53 bits per heavy atom. The van der Waals surface area contributed by atoms with E-state index in [-0.39, 0.29) is 6.61 Å². The van der Waals surface area contributed by atoms with E-state index in [2.05, 4.69) is 0 Å². The van der Waals surface area contributed by atoms with Gasteiger partial charge in [-0.3, -0.25) is 0 Å². The van der Waals surface area contributed by atoms with Gasteiger partial charge in [-0.2, -0.15) is 0 Å². The third kappa shape index (κ3) is 4.58. The van der Waals surface area contributed by atoms with Crippen LogP contribution in [0.4, 0.5) is 0 Å². The van der Waals surface area contributed by atoms with Crippen LogP contribution in [0.2, 0.25) is 0 Å². The number of hydrogen-bond acceptors (Lipinski definition) is 5. The van der Waals surface area contributed by atoms with E-state index in [4.69, 9.17) is 13.9 Å². The van der Waals surface area contributed by atoms with Crippen LogP contribution in [0.5, 0.6) is 11.5 Å². The zero-order valence-corrected chi connectivity index (χ0v) is 16.5. The second kappa shape index (κ2) is 8.66. The monoisotopic (exact) mass is 400 g/mol. The Bertz CT molecular complexity index is 1240. The fraction of sp³-hybridized carbons (Fsp3) is 0.120. The van der Waals surface area contributed by atoms with Crippen LogP contribution in [-0.2, 0) is 11.2 Å². The van der Waals surface area contributed by atoms with Crippen molar-refractivity contribution in [3.05, 3.63) is 106 Å². The summed E-state index contributed by atoms with van der Waals surface area (Å²) in [4.78, 5) is 23.9. The molecule has 0 radical (unpaired) electrons. The van der Waals surface area contributed by atoms with E-state index in [1.165, 1.54) is 6.07 Å². The molecular weight excluding hydrogens is 380 g/mol. The maximum Gasteiger partial charge on any atom is 0.349 e. The van der Waals surface area contributed by atoms with Crippen LogP contribution in [0.15, 0.2) is 88.1 Å². The Labute approximate surface area is 173 Å². The largest absolute Gasteiger partial charge is 0.482 e. The SMILES string of the molecule is Cc1cc(=O)oc2cc(OCC(=O)Oc3ccccc3Cc3ccccc3)ccc12.